The van der Waals surface area contributed by atoms with Crippen molar-refractivity contribution >= 4 is 33.1 Å². The lowest BCUT2D eigenvalue weighted by molar-refractivity contribution is -0.116. The summed E-state index contributed by atoms with van der Waals surface area (Å²) in [6, 6.07) is 5.79. The molecule has 1 aliphatic carbocycles. The minimum Gasteiger partial charge on any atom is -0.495 e. The smallest absolute Gasteiger partial charge is 0.262 e. The zero-order valence-electron chi connectivity index (χ0n) is 18.6. The molecule has 4 rings (SSSR count). The molecular weight excluding hydrogens is 410 g/mol. The maximum atomic E-state index is 13.2. The molecule has 1 aliphatic rings. The molecule has 0 aliphatic heterocycles. The lowest BCUT2D eigenvalue weighted by Crippen LogP contribution is -2.28. The lowest BCUT2D eigenvalue weighted by Gasteiger charge is -2.21. The average molecular weight is 440 g/mol. The highest BCUT2D eigenvalue weighted by atomic mass is 32.1. The molecule has 0 spiro atoms. The van der Waals surface area contributed by atoms with E-state index >= 15 is 0 Å². The second-order valence-corrected chi connectivity index (χ2v) is 10.2. The molecular formula is C24H29N3O3S. The number of hydrogen-bond donors (Lipinski definition) is 1. The van der Waals surface area contributed by atoms with Crippen LogP contribution in [0.3, 0.4) is 0 Å². The molecule has 0 atom stereocenters. The Morgan fingerprint density at radius 2 is 2.00 bits per heavy atom. The third-order valence-electron chi connectivity index (χ3n) is 5.85. The van der Waals surface area contributed by atoms with Gasteiger partial charge in [-0.05, 0) is 54.4 Å². The first-order chi connectivity index (χ1) is 14.8. The minimum absolute atomic E-state index is 0.0611. The SMILES string of the molecule is COc1ccc(C(C)(C)C)cc1NC(=O)Cn1cnc2sc3c(c2c1=O)CCCCC3. The highest BCUT2D eigenvalue weighted by Gasteiger charge is 2.21. The van der Waals surface area contributed by atoms with E-state index in [1.807, 2.05) is 18.2 Å². The number of methoxy groups -OCH3 is 1. The Morgan fingerprint density at radius 1 is 1.23 bits per heavy atom. The summed E-state index contributed by atoms with van der Waals surface area (Å²) in [5.41, 5.74) is 2.64. The van der Waals surface area contributed by atoms with E-state index in [-0.39, 0.29) is 23.4 Å². The number of hydrogen-bond acceptors (Lipinski definition) is 5. The van der Waals surface area contributed by atoms with E-state index in [9.17, 15) is 9.59 Å². The predicted octanol–water partition coefficient (Wildman–Crippen LogP) is 4.67. The van der Waals surface area contributed by atoms with Crippen molar-refractivity contribution in [1.82, 2.24) is 9.55 Å². The zero-order chi connectivity index (χ0) is 22.2. The van der Waals surface area contributed by atoms with E-state index < -0.39 is 0 Å². The van der Waals surface area contributed by atoms with Crippen LogP contribution in [-0.2, 0) is 29.6 Å². The molecule has 2 heterocycles. The second-order valence-electron chi connectivity index (χ2n) is 9.14. The normalized spacial score (nSPS) is 14.2. The van der Waals surface area contributed by atoms with Gasteiger partial charge >= 0.3 is 0 Å². The molecule has 7 heteroatoms. The number of amides is 1. The molecule has 6 nitrogen and oxygen atoms in total. The van der Waals surface area contributed by atoms with Gasteiger partial charge in [-0.3, -0.25) is 14.2 Å². The van der Waals surface area contributed by atoms with Crippen LogP contribution < -0.4 is 15.6 Å². The van der Waals surface area contributed by atoms with Crippen molar-refractivity contribution in [2.75, 3.05) is 12.4 Å². The second kappa shape index (κ2) is 8.46. The van der Waals surface area contributed by atoms with Crippen LogP contribution in [0.5, 0.6) is 5.75 Å². The fourth-order valence-corrected chi connectivity index (χ4v) is 5.31. The van der Waals surface area contributed by atoms with Crippen molar-refractivity contribution in [3.8, 4) is 5.75 Å². The van der Waals surface area contributed by atoms with Crippen LogP contribution >= 0.6 is 11.3 Å². The number of thiophene rings is 1. The summed E-state index contributed by atoms with van der Waals surface area (Å²) in [7, 11) is 1.58. The number of carbonyl (C=O) groups is 1. The molecule has 0 saturated heterocycles. The number of nitrogens with zero attached hydrogens (tertiary/aromatic N) is 2. The molecule has 164 valence electrons. The summed E-state index contributed by atoms with van der Waals surface area (Å²) in [6.45, 7) is 6.26. The van der Waals surface area contributed by atoms with Crippen molar-refractivity contribution in [3.63, 3.8) is 0 Å². The predicted molar refractivity (Wildman–Crippen MR) is 125 cm³/mol. The molecule has 0 saturated carbocycles. The van der Waals surface area contributed by atoms with E-state index in [0.29, 0.717) is 16.8 Å². The largest absolute Gasteiger partial charge is 0.495 e. The summed E-state index contributed by atoms with van der Waals surface area (Å²) in [4.78, 5) is 32.6. The van der Waals surface area contributed by atoms with E-state index in [1.54, 1.807) is 18.4 Å². The fourth-order valence-electron chi connectivity index (χ4n) is 4.09. The topological polar surface area (TPSA) is 73.2 Å². The quantitative estimate of drug-likeness (QED) is 0.600. The van der Waals surface area contributed by atoms with Gasteiger partial charge < -0.3 is 10.1 Å². The number of benzene rings is 1. The molecule has 3 aromatic rings. The van der Waals surface area contributed by atoms with E-state index in [1.165, 1.54) is 22.2 Å². The van der Waals surface area contributed by atoms with Gasteiger partial charge in [0.25, 0.3) is 5.56 Å². The van der Waals surface area contributed by atoms with Crippen LogP contribution in [0.25, 0.3) is 10.2 Å². The van der Waals surface area contributed by atoms with Gasteiger partial charge in [-0.1, -0.05) is 33.3 Å². The Kier molecular flexibility index (Phi) is 5.88. The first-order valence-electron chi connectivity index (χ1n) is 10.8. The maximum Gasteiger partial charge on any atom is 0.262 e. The van der Waals surface area contributed by atoms with Gasteiger partial charge in [0.2, 0.25) is 5.91 Å². The van der Waals surface area contributed by atoms with Gasteiger partial charge in [0, 0.05) is 4.88 Å². The fraction of sp³-hybridized carbons (Fsp3) is 0.458. The van der Waals surface area contributed by atoms with Crippen LogP contribution in [0, 0.1) is 0 Å². The Hall–Kier alpha value is -2.67. The van der Waals surface area contributed by atoms with Crippen LogP contribution in [0.15, 0.2) is 29.3 Å². The zero-order valence-corrected chi connectivity index (χ0v) is 19.4. The van der Waals surface area contributed by atoms with Gasteiger partial charge in [-0.15, -0.1) is 11.3 Å². The monoisotopic (exact) mass is 439 g/mol. The summed E-state index contributed by atoms with van der Waals surface area (Å²) in [5, 5.41) is 3.61. The number of fused-ring (bicyclic) bond motifs is 3. The van der Waals surface area contributed by atoms with Gasteiger partial charge in [-0.2, -0.15) is 0 Å². The summed E-state index contributed by atoms with van der Waals surface area (Å²) < 4.78 is 6.83. The Labute approximate surface area is 186 Å². The van der Waals surface area contributed by atoms with Gasteiger partial charge in [0.15, 0.2) is 0 Å². The minimum atomic E-state index is -0.283. The van der Waals surface area contributed by atoms with Crippen molar-refractivity contribution in [2.24, 2.45) is 0 Å². The van der Waals surface area contributed by atoms with Gasteiger partial charge in [0.05, 0.1) is 24.5 Å². The van der Waals surface area contributed by atoms with Gasteiger partial charge in [-0.25, -0.2) is 4.98 Å². The highest BCUT2D eigenvalue weighted by molar-refractivity contribution is 7.18. The third kappa shape index (κ3) is 4.37. The molecule has 1 amide bonds. The summed E-state index contributed by atoms with van der Waals surface area (Å²) >= 11 is 1.62. The molecule has 0 bridgehead atoms. The standard InChI is InChI=1S/C24H29N3O3S/c1-24(2,3)15-10-11-18(30-4)17(12-15)26-20(28)13-27-14-25-22-21(23(27)29)16-8-6-5-7-9-19(16)31-22/h10-12,14H,5-9,13H2,1-4H3,(H,26,28). The Balaban J connectivity index is 1.61. The molecule has 0 fully saturated rings. The molecule has 0 radical (unpaired) electrons. The number of nitrogens with one attached hydrogen (secondary N) is 1. The van der Waals surface area contributed by atoms with Crippen LogP contribution in [0.4, 0.5) is 5.69 Å². The Morgan fingerprint density at radius 3 is 2.74 bits per heavy atom. The highest BCUT2D eigenvalue weighted by Crippen LogP contribution is 2.33. The number of aryl methyl sites for hydroxylation is 2. The number of ether oxygens (including phenoxy) is 1. The number of aromatic nitrogens is 2. The molecule has 2 aromatic heterocycles. The lowest BCUT2D eigenvalue weighted by atomic mass is 9.87. The average Bonchev–Trinajstić information content (AvgIpc) is 2.91. The summed E-state index contributed by atoms with van der Waals surface area (Å²) in [5.74, 6) is 0.305. The number of anilines is 1. The van der Waals surface area contributed by atoms with Crippen LogP contribution in [-0.4, -0.2) is 22.6 Å². The van der Waals surface area contributed by atoms with Gasteiger partial charge in [0.1, 0.15) is 17.1 Å². The van der Waals surface area contributed by atoms with E-state index in [2.05, 4.69) is 31.1 Å². The molecule has 1 N–H and O–H groups in total. The first kappa shape index (κ1) is 21.6. The third-order valence-corrected chi connectivity index (χ3v) is 7.05. The summed E-state index contributed by atoms with van der Waals surface area (Å²) in [6.07, 6.45) is 6.86. The maximum absolute atomic E-state index is 13.2. The Bertz CT molecular complexity index is 1190. The van der Waals surface area contributed by atoms with E-state index in [4.69, 9.17) is 4.74 Å². The molecule has 31 heavy (non-hydrogen) atoms. The first-order valence-corrected chi connectivity index (χ1v) is 11.6. The van der Waals surface area contributed by atoms with Crippen molar-refractivity contribution in [2.45, 2.75) is 64.8 Å². The van der Waals surface area contributed by atoms with Crippen LogP contribution in [0.2, 0.25) is 0 Å². The number of carbonyl (C=O) groups excluding carboxylic acids is 1. The van der Waals surface area contributed by atoms with Crippen LogP contribution in [0.1, 0.15) is 56.0 Å². The molecule has 1 aromatic carbocycles. The van der Waals surface area contributed by atoms with Crippen molar-refractivity contribution in [1.29, 1.82) is 0 Å². The molecule has 0 unspecified atom stereocenters. The number of rotatable bonds is 4. The van der Waals surface area contributed by atoms with Crippen molar-refractivity contribution in [3.05, 3.63) is 50.9 Å². The van der Waals surface area contributed by atoms with Crippen molar-refractivity contribution < 1.29 is 9.53 Å². The van der Waals surface area contributed by atoms with E-state index in [0.717, 1.165) is 41.6 Å².